The van der Waals surface area contributed by atoms with E-state index in [1.165, 1.54) is 6.20 Å². The number of pyridine rings is 3. The fourth-order valence-corrected chi connectivity index (χ4v) is 4.42. The van der Waals surface area contributed by atoms with Gasteiger partial charge in [0, 0.05) is 49.2 Å². The first-order chi connectivity index (χ1) is 17.7. The number of hydrogen-bond acceptors (Lipinski definition) is 9. The van der Waals surface area contributed by atoms with Crippen molar-refractivity contribution in [1.29, 1.82) is 0 Å². The summed E-state index contributed by atoms with van der Waals surface area (Å²) in [6, 6.07) is 9.15. The molecule has 3 aromatic rings. The Balaban J connectivity index is 1.46. The third-order valence-corrected chi connectivity index (χ3v) is 6.62. The number of hydrogen-bond donors (Lipinski definition) is 3. The molecule has 37 heavy (non-hydrogen) atoms. The summed E-state index contributed by atoms with van der Waals surface area (Å²) < 4.78 is 5.51. The maximum absolute atomic E-state index is 13.0. The van der Waals surface area contributed by atoms with Gasteiger partial charge in [-0.25, -0.2) is 4.98 Å². The second-order valence-corrected chi connectivity index (χ2v) is 10.0. The van der Waals surface area contributed by atoms with E-state index in [9.17, 15) is 15.0 Å². The summed E-state index contributed by atoms with van der Waals surface area (Å²) in [5.74, 6) is 1.33. The second kappa shape index (κ2) is 10.0. The minimum Gasteiger partial charge on any atom is -0.389 e. The number of aliphatic hydroxyl groups excluding tert-OH is 1. The standard InChI is InChI=1S/C27H32N6O4/c1-17-22(13-20(14-29-17)30-26(35)18-4-5-28-23(10-18)27(2,3)36)19-11-24(32-6-8-37-9-7-32)31-25(12-19)33-15-21(34)16-33/h4-5,10-14,21,34,36H,6-9,15-16H2,1-3H3,(H,30,35). The fourth-order valence-electron chi connectivity index (χ4n) is 4.42. The van der Waals surface area contributed by atoms with Crippen LogP contribution in [0.5, 0.6) is 0 Å². The van der Waals surface area contributed by atoms with Gasteiger partial charge in [0.2, 0.25) is 0 Å². The van der Waals surface area contributed by atoms with Gasteiger partial charge in [-0.05, 0) is 56.7 Å². The monoisotopic (exact) mass is 504 g/mol. The molecular weight excluding hydrogens is 472 g/mol. The van der Waals surface area contributed by atoms with E-state index in [2.05, 4.69) is 25.1 Å². The van der Waals surface area contributed by atoms with Gasteiger partial charge < -0.3 is 30.1 Å². The van der Waals surface area contributed by atoms with Crippen LogP contribution in [0.2, 0.25) is 0 Å². The molecule has 0 radical (unpaired) electrons. The highest BCUT2D eigenvalue weighted by molar-refractivity contribution is 6.04. The Morgan fingerprint density at radius 3 is 2.46 bits per heavy atom. The Kier molecular flexibility index (Phi) is 6.80. The molecule has 0 aromatic carbocycles. The van der Waals surface area contributed by atoms with Crippen LogP contribution >= 0.6 is 0 Å². The molecule has 2 aliphatic rings. The van der Waals surface area contributed by atoms with Crippen molar-refractivity contribution in [1.82, 2.24) is 15.0 Å². The smallest absolute Gasteiger partial charge is 0.255 e. The predicted molar refractivity (Wildman–Crippen MR) is 141 cm³/mol. The number of carbonyl (C=O) groups excluding carboxylic acids is 1. The van der Waals surface area contributed by atoms with Crippen molar-refractivity contribution in [2.24, 2.45) is 0 Å². The van der Waals surface area contributed by atoms with Crippen LogP contribution in [0.1, 0.15) is 35.6 Å². The molecule has 5 rings (SSSR count). The Hall–Kier alpha value is -3.60. The molecule has 2 aliphatic heterocycles. The van der Waals surface area contributed by atoms with Crippen molar-refractivity contribution in [3.05, 3.63) is 59.7 Å². The van der Waals surface area contributed by atoms with Gasteiger partial charge in [-0.15, -0.1) is 0 Å². The lowest BCUT2D eigenvalue weighted by Crippen LogP contribution is -2.51. The number of β-amino-alcohol motifs (C(OH)–C–C–N with tert-alkyl or cyclic N) is 1. The van der Waals surface area contributed by atoms with E-state index in [4.69, 9.17) is 9.72 Å². The first-order valence-electron chi connectivity index (χ1n) is 12.4. The van der Waals surface area contributed by atoms with E-state index < -0.39 is 5.60 Å². The summed E-state index contributed by atoms with van der Waals surface area (Å²) in [6.45, 7) is 9.09. The van der Waals surface area contributed by atoms with Crippen LogP contribution < -0.4 is 15.1 Å². The van der Waals surface area contributed by atoms with E-state index in [0.717, 1.165) is 41.5 Å². The van der Waals surface area contributed by atoms with E-state index >= 15 is 0 Å². The van der Waals surface area contributed by atoms with Crippen LogP contribution in [0.3, 0.4) is 0 Å². The zero-order valence-electron chi connectivity index (χ0n) is 21.3. The van der Waals surface area contributed by atoms with Crippen LogP contribution in [0.15, 0.2) is 42.7 Å². The summed E-state index contributed by atoms with van der Waals surface area (Å²) in [6.07, 6.45) is 2.80. The average molecular weight is 505 g/mol. The molecule has 0 bridgehead atoms. The molecule has 3 aromatic heterocycles. The molecule has 0 atom stereocenters. The van der Waals surface area contributed by atoms with Crippen LogP contribution in [0.25, 0.3) is 11.1 Å². The van der Waals surface area contributed by atoms with E-state index in [1.54, 1.807) is 32.2 Å². The molecular formula is C27H32N6O4. The lowest BCUT2D eigenvalue weighted by atomic mass is 10.0. The number of morpholine rings is 1. The second-order valence-electron chi connectivity index (χ2n) is 10.0. The number of ether oxygens (including phenoxy) is 1. The Morgan fingerprint density at radius 1 is 1.08 bits per heavy atom. The van der Waals surface area contributed by atoms with E-state index in [-0.39, 0.29) is 12.0 Å². The number of anilines is 3. The van der Waals surface area contributed by atoms with Crippen LogP contribution in [-0.2, 0) is 10.3 Å². The molecule has 2 saturated heterocycles. The average Bonchev–Trinajstić information content (AvgIpc) is 2.87. The largest absolute Gasteiger partial charge is 0.389 e. The number of aliphatic hydroxyl groups is 2. The maximum Gasteiger partial charge on any atom is 0.255 e. The summed E-state index contributed by atoms with van der Waals surface area (Å²) in [5.41, 5.74) is 2.84. The van der Waals surface area contributed by atoms with Crippen molar-refractivity contribution in [3.63, 3.8) is 0 Å². The summed E-state index contributed by atoms with van der Waals surface area (Å²) in [5, 5.41) is 23.0. The number of nitrogens with one attached hydrogen (secondary N) is 1. The summed E-state index contributed by atoms with van der Waals surface area (Å²) >= 11 is 0. The quantitative estimate of drug-likeness (QED) is 0.464. The van der Waals surface area contributed by atoms with Crippen molar-refractivity contribution in [3.8, 4) is 11.1 Å². The minimum absolute atomic E-state index is 0.316. The lowest BCUT2D eigenvalue weighted by Gasteiger charge is -2.38. The van der Waals surface area contributed by atoms with Gasteiger partial charge >= 0.3 is 0 Å². The van der Waals surface area contributed by atoms with Crippen LogP contribution in [0, 0.1) is 6.92 Å². The van der Waals surface area contributed by atoms with Crippen molar-refractivity contribution < 1.29 is 19.7 Å². The van der Waals surface area contributed by atoms with Gasteiger partial charge in [0.15, 0.2) is 0 Å². The number of aryl methyl sites for hydroxylation is 1. The van der Waals surface area contributed by atoms with E-state index in [0.29, 0.717) is 43.2 Å². The first-order valence-corrected chi connectivity index (χ1v) is 12.4. The van der Waals surface area contributed by atoms with Crippen LogP contribution in [0.4, 0.5) is 17.3 Å². The first kappa shape index (κ1) is 25.1. The van der Waals surface area contributed by atoms with Gasteiger partial charge in [-0.3, -0.25) is 14.8 Å². The van der Waals surface area contributed by atoms with Gasteiger partial charge in [-0.1, -0.05) is 0 Å². The highest BCUT2D eigenvalue weighted by atomic mass is 16.5. The molecule has 1 amide bonds. The predicted octanol–water partition coefficient (Wildman–Crippen LogP) is 2.34. The number of aromatic nitrogens is 3. The topological polar surface area (TPSA) is 124 Å². The fraction of sp³-hybridized carbons (Fsp3) is 0.407. The number of carbonyl (C=O) groups is 1. The molecule has 3 N–H and O–H groups in total. The molecule has 2 fully saturated rings. The zero-order valence-corrected chi connectivity index (χ0v) is 21.3. The van der Waals surface area contributed by atoms with Crippen molar-refractivity contribution in [2.75, 3.05) is 54.5 Å². The lowest BCUT2D eigenvalue weighted by molar-refractivity contribution is 0.0737. The third kappa shape index (κ3) is 5.56. The Bertz CT molecular complexity index is 1300. The molecule has 194 valence electrons. The highest BCUT2D eigenvalue weighted by Crippen LogP contribution is 2.33. The highest BCUT2D eigenvalue weighted by Gasteiger charge is 2.27. The maximum atomic E-state index is 13.0. The zero-order chi connectivity index (χ0) is 26.2. The third-order valence-electron chi connectivity index (χ3n) is 6.62. The SMILES string of the molecule is Cc1ncc(NC(=O)c2ccnc(C(C)(C)O)c2)cc1-c1cc(N2CCOCC2)nc(N2CC(O)C2)c1. The summed E-state index contributed by atoms with van der Waals surface area (Å²) in [4.78, 5) is 30.8. The van der Waals surface area contributed by atoms with Crippen LogP contribution in [-0.4, -0.2) is 76.6 Å². The molecule has 0 spiro atoms. The van der Waals surface area contributed by atoms with Gasteiger partial charge in [0.05, 0.1) is 36.9 Å². The number of amides is 1. The molecule has 0 aliphatic carbocycles. The Morgan fingerprint density at radius 2 is 1.78 bits per heavy atom. The number of rotatable bonds is 6. The van der Waals surface area contributed by atoms with Gasteiger partial charge in [0.1, 0.15) is 17.2 Å². The molecule has 5 heterocycles. The molecule has 0 saturated carbocycles. The van der Waals surface area contributed by atoms with E-state index in [1.807, 2.05) is 25.1 Å². The molecule has 10 nitrogen and oxygen atoms in total. The molecule has 0 unspecified atom stereocenters. The van der Waals surface area contributed by atoms with Crippen molar-refractivity contribution >= 4 is 23.2 Å². The summed E-state index contributed by atoms with van der Waals surface area (Å²) in [7, 11) is 0. The number of nitrogens with zero attached hydrogens (tertiary/aromatic N) is 5. The minimum atomic E-state index is -1.15. The normalized spacial score (nSPS) is 16.5. The van der Waals surface area contributed by atoms with Gasteiger partial charge in [-0.2, -0.15) is 0 Å². The molecule has 10 heteroatoms. The van der Waals surface area contributed by atoms with Gasteiger partial charge in [0.25, 0.3) is 5.91 Å². The van der Waals surface area contributed by atoms with Crippen molar-refractivity contribution in [2.45, 2.75) is 32.5 Å². The Labute approximate surface area is 216 Å².